The number of aromatic nitrogens is 1. The molecule has 0 saturated heterocycles. The Morgan fingerprint density at radius 2 is 1.59 bits per heavy atom. The van der Waals surface area contributed by atoms with E-state index < -0.39 is 0 Å². The Balaban J connectivity index is 1.68. The minimum atomic E-state index is 1.10. The van der Waals surface area contributed by atoms with Gasteiger partial charge in [0, 0.05) is 16.5 Å². The van der Waals surface area contributed by atoms with Crippen molar-refractivity contribution in [3.63, 3.8) is 0 Å². The van der Waals surface area contributed by atoms with E-state index in [1.807, 2.05) is 0 Å². The van der Waals surface area contributed by atoms with Crippen molar-refractivity contribution in [3.05, 3.63) is 64.5 Å². The van der Waals surface area contributed by atoms with Crippen LogP contribution >= 0.6 is 11.3 Å². The summed E-state index contributed by atoms with van der Waals surface area (Å²) >= 11 is 1.73. The van der Waals surface area contributed by atoms with Crippen LogP contribution in [0, 0.1) is 6.92 Å². The number of aryl methyl sites for hydroxylation is 3. The normalized spacial score (nSPS) is 13.9. The van der Waals surface area contributed by atoms with Gasteiger partial charge in [-0.05, 0) is 49.8 Å². The lowest BCUT2D eigenvalue weighted by molar-refractivity contribution is 0.686. The molecule has 0 N–H and O–H groups in total. The summed E-state index contributed by atoms with van der Waals surface area (Å²) < 4.78 is 0. The molecule has 1 aliphatic carbocycles. The van der Waals surface area contributed by atoms with Crippen LogP contribution in [-0.4, -0.2) is 4.98 Å². The van der Waals surface area contributed by atoms with Gasteiger partial charge < -0.3 is 0 Å². The number of benzene rings is 2. The van der Waals surface area contributed by atoms with E-state index in [1.165, 1.54) is 53.5 Å². The lowest BCUT2D eigenvalue weighted by atomic mass is 9.90. The van der Waals surface area contributed by atoms with Gasteiger partial charge in [0.2, 0.25) is 0 Å². The third-order valence-corrected chi connectivity index (χ3v) is 5.34. The zero-order valence-corrected chi connectivity index (χ0v) is 13.6. The number of thiazole rings is 1. The van der Waals surface area contributed by atoms with Gasteiger partial charge in [-0.2, -0.15) is 0 Å². The molecule has 3 aromatic rings. The molecule has 0 spiro atoms. The van der Waals surface area contributed by atoms with Crippen LogP contribution in [0.15, 0.2) is 47.8 Å². The van der Waals surface area contributed by atoms with Crippen LogP contribution < -0.4 is 0 Å². The largest absolute Gasteiger partial charge is 0.236 e. The topological polar surface area (TPSA) is 12.9 Å². The van der Waals surface area contributed by atoms with Crippen LogP contribution in [-0.2, 0) is 12.8 Å². The van der Waals surface area contributed by atoms with Crippen LogP contribution in [0.25, 0.3) is 21.8 Å². The number of hydrogen-bond acceptors (Lipinski definition) is 2. The second kappa shape index (κ2) is 5.69. The van der Waals surface area contributed by atoms with Gasteiger partial charge in [-0.15, -0.1) is 11.3 Å². The number of hydrogen-bond donors (Lipinski definition) is 0. The van der Waals surface area contributed by atoms with Gasteiger partial charge in [-0.1, -0.05) is 42.0 Å². The molecule has 1 heterocycles. The summed E-state index contributed by atoms with van der Waals surface area (Å²) in [7, 11) is 0. The van der Waals surface area contributed by atoms with E-state index in [0.717, 1.165) is 10.7 Å². The highest BCUT2D eigenvalue weighted by Crippen LogP contribution is 2.31. The molecule has 0 amide bonds. The Morgan fingerprint density at radius 1 is 0.864 bits per heavy atom. The Kier molecular flexibility index (Phi) is 3.55. The van der Waals surface area contributed by atoms with Crippen molar-refractivity contribution < 1.29 is 0 Å². The molecular formula is C20H19NS. The fourth-order valence-corrected chi connectivity index (χ4v) is 3.96. The van der Waals surface area contributed by atoms with E-state index in [4.69, 9.17) is 4.98 Å². The van der Waals surface area contributed by atoms with Crippen LogP contribution in [0.2, 0.25) is 0 Å². The summed E-state index contributed by atoms with van der Waals surface area (Å²) in [5.41, 5.74) is 7.91. The first-order valence-corrected chi connectivity index (χ1v) is 8.82. The summed E-state index contributed by atoms with van der Waals surface area (Å²) in [5, 5.41) is 3.28. The van der Waals surface area contributed by atoms with Gasteiger partial charge in [-0.3, -0.25) is 0 Å². The van der Waals surface area contributed by atoms with E-state index in [-0.39, 0.29) is 0 Å². The number of nitrogens with zero attached hydrogens (tertiary/aromatic N) is 1. The summed E-state index contributed by atoms with van der Waals surface area (Å²) in [6.07, 6.45) is 5.11. The third kappa shape index (κ3) is 2.59. The van der Waals surface area contributed by atoms with E-state index in [0.29, 0.717) is 0 Å². The molecule has 0 aliphatic heterocycles. The fraction of sp³-hybridized carbons (Fsp3) is 0.250. The Hall–Kier alpha value is -1.93. The highest BCUT2D eigenvalue weighted by atomic mass is 32.1. The fourth-order valence-electron chi connectivity index (χ4n) is 3.13. The molecule has 0 fully saturated rings. The van der Waals surface area contributed by atoms with Crippen LogP contribution in [0.5, 0.6) is 0 Å². The molecule has 4 rings (SSSR count). The third-order valence-electron chi connectivity index (χ3n) is 4.45. The average Bonchev–Trinajstić information content (AvgIpc) is 3.05. The molecule has 0 atom stereocenters. The number of fused-ring (bicyclic) bond motifs is 1. The van der Waals surface area contributed by atoms with Crippen LogP contribution in [0.3, 0.4) is 0 Å². The zero-order valence-electron chi connectivity index (χ0n) is 12.8. The quantitative estimate of drug-likeness (QED) is 0.595. The summed E-state index contributed by atoms with van der Waals surface area (Å²) in [6.45, 7) is 2.12. The predicted molar refractivity (Wildman–Crippen MR) is 94.4 cm³/mol. The monoisotopic (exact) mass is 305 g/mol. The minimum Gasteiger partial charge on any atom is -0.236 e. The lowest BCUT2D eigenvalue weighted by Crippen LogP contribution is -2.02. The second-order valence-electron chi connectivity index (χ2n) is 6.09. The van der Waals surface area contributed by atoms with Gasteiger partial charge in [0.05, 0.1) is 5.69 Å². The SMILES string of the molecule is Cc1ccc(-c2nc(-c3ccc4c(c3)CCCC4)cs2)cc1. The first-order chi connectivity index (χ1) is 10.8. The van der Waals surface area contributed by atoms with Crippen molar-refractivity contribution >= 4 is 11.3 Å². The van der Waals surface area contributed by atoms with Gasteiger partial charge in [0.1, 0.15) is 5.01 Å². The van der Waals surface area contributed by atoms with Crippen LogP contribution in [0.1, 0.15) is 29.5 Å². The molecular weight excluding hydrogens is 286 g/mol. The summed E-state index contributed by atoms with van der Waals surface area (Å²) in [6, 6.07) is 15.5. The molecule has 1 aromatic heterocycles. The highest BCUT2D eigenvalue weighted by Gasteiger charge is 2.12. The maximum atomic E-state index is 4.85. The Labute approximate surface area is 135 Å². The van der Waals surface area contributed by atoms with Crippen molar-refractivity contribution in [3.8, 4) is 21.8 Å². The molecule has 110 valence electrons. The molecule has 2 heteroatoms. The highest BCUT2D eigenvalue weighted by molar-refractivity contribution is 7.13. The van der Waals surface area contributed by atoms with Crippen molar-refractivity contribution in [2.45, 2.75) is 32.6 Å². The van der Waals surface area contributed by atoms with Crippen molar-refractivity contribution in [1.82, 2.24) is 4.98 Å². The lowest BCUT2D eigenvalue weighted by Gasteiger charge is -2.16. The molecule has 0 radical (unpaired) electrons. The molecule has 1 aliphatic rings. The maximum absolute atomic E-state index is 4.85. The molecule has 0 unspecified atom stereocenters. The molecule has 1 nitrogen and oxygen atoms in total. The van der Waals surface area contributed by atoms with Crippen LogP contribution in [0.4, 0.5) is 0 Å². The molecule has 22 heavy (non-hydrogen) atoms. The molecule has 2 aromatic carbocycles. The first-order valence-electron chi connectivity index (χ1n) is 7.94. The minimum absolute atomic E-state index is 1.10. The smallest absolute Gasteiger partial charge is 0.124 e. The van der Waals surface area contributed by atoms with Gasteiger partial charge in [0.25, 0.3) is 0 Å². The Morgan fingerprint density at radius 3 is 2.41 bits per heavy atom. The van der Waals surface area contributed by atoms with E-state index in [9.17, 15) is 0 Å². The average molecular weight is 305 g/mol. The van der Waals surface area contributed by atoms with E-state index >= 15 is 0 Å². The van der Waals surface area contributed by atoms with E-state index in [2.05, 4.69) is 54.8 Å². The molecule has 0 saturated carbocycles. The van der Waals surface area contributed by atoms with Crippen molar-refractivity contribution in [2.24, 2.45) is 0 Å². The van der Waals surface area contributed by atoms with Gasteiger partial charge in [-0.25, -0.2) is 4.98 Å². The van der Waals surface area contributed by atoms with Gasteiger partial charge in [0.15, 0.2) is 0 Å². The van der Waals surface area contributed by atoms with E-state index in [1.54, 1.807) is 11.3 Å². The van der Waals surface area contributed by atoms with Crippen molar-refractivity contribution in [1.29, 1.82) is 0 Å². The first kappa shape index (κ1) is 13.7. The summed E-state index contributed by atoms with van der Waals surface area (Å²) in [4.78, 5) is 4.85. The van der Waals surface area contributed by atoms with Crippen molar-refractivity contribution in [2.75, 3.05) is 0 Å². The van der Waals surface area contributed by atoms with Gasteiger partial charge >= 0.3 is 0 Å². The number of rotatable bonds is 2. The standard InChI is InChI=1S/C20H19NS/c1-14-6-8-16(9-7-14)20-21-19(13-22-20)18-11-10-15-4-2-3-5-17(15)12-18/h6-13H,2-5H2,1H3. The second-order valence-corrected chi connectivity index (χ2v) is 6.95. The Bertz CT molecular complexity index is 799. The predicted octanol–water partition coefficient (Wildman–Crippen LogP) is 5.66. The maximum Gasteiger partial charge on any atom is 0.124 e. The zero-order chi connectivity index (χ0) is 14.9. The molecule has 0 bridgehead atoms. The summed E-state index contributed by atoms with van der Waals surface area (Å²) in [5.74, 6) is 0.